The highest BCUT2D eigenvalue weighted by atomic mass is 13.8. The van der Waals surface area contributed by atoms with Crippen molar-refractivity contribution in [1.29, 1.82) is 0 Å². The summed E-state index contributed by atoms with van der Waals surface area (Å²) in [5.74, 6) is 0. The summed E-state index contributed by atoms with van der Waals surface area (Å²) < 4.78 is 0. The van der Waals surface area contributed by atoms with Gasteiger partial charge in [0.05, 0.1) is 0 Å². The molecule has 0 aliphatic carbocycles. The van der Waals surface area contributed by atoms with Crippen molar-refractivity contribution in [2.45, 2.75) is 27.2 Å². The predicted molar refractivity (Wildman–Crippen MR) is 48.0 cm³/mol. The number of hydrogen-bond donors (Lipinski definition) is 0. The van der Waals surface area contributed by atoms with Gasteiger partial charge in [-0.2, -0.15) is 0 Å². The fourth-order valence-electron chi connectivity index (χ4n) is 0.674. The van der Waals surface area contributed by atoms with Crippen molar-refractivity contribution < 1.29 is 0 Å². The van der Waals surface area contributed by atoms with E-state index in [1.54, 1.807) is 0 Å². The van der Waals surface area contributed by atoms with Gasteiger partial charge in [0.2, 0.25) is 0 Å². The first-order valence-electron chi connectivity index (χ1n) is 3.77. The van der Waals surface area contributed by atoms with Crippen LogP contribution in [0, 0.1) is 0 Å². The molecule has 10 heavy (non-hydrogen) atoms. The fraction of sp³-hybridized carbons (Fsp3) is 0.400. The fourth-order valence-corrected chi connectivity index (χ4v) is 0.674. The molecule has 0 spiro atoms. The molecule has 0 heterocycles. The Balaban J connectivity index is 3.79. The van der Waals surface area contributed by atoms with Crippen LogP contribution in [-0.2, 0) is 0 Å². The van der Waals surface area contributed by atoms with Crippen LogP contribution >= 0.6 is 0 Å². The average molecular weight is 136 g/mol. The molecule has 0 rings (SSSR count). The minimum atomic E-state index is 1.11. The minimum absolute atomic E-state index is 1.11. The van der Waals surface area contributed by atoms with Crippen molar-refractivity contribution >= 4 is 0 Å². The van der Waals surface area contributed by atoms with Gasteiger partial charge in [-0.05, 0) is 20.3 Å². The number of hydrogen-bond acceptors (Lipinski definition) is 0. The van der Waals surface area contributed by atoms with Crippen molar-refractivity contribution in [2.24, 2.45) is 0 Å². The molecule has 0 aliphatic rings. The van der Waals surface area contributed by atoms with E-state index in [0.717, 1.165) is 6.42 Å². The Kier molecular flexibility index (Phi) is 5.85. The Morgan fingerprint density at radius 1 is 1.40 bits per heavy atom. The zero-order valence-corrected chi connectivity index (χ0v) is 7.09. The van der Waals surface area contributed by atoms with Crippen LogP contribution in [0.1, 0.15) is 27.2 Å². The van der Waals surface area contributed by atoms with Crippen LogP contribution in [0.15, 0.2) is 36.0 Å². The third kappa shape index (κ3) is 5.36. The topological polar surface area (TPSA) is 0 Å². The molecule has 0 aliphatic heterocycles. The smallest absolute Gasteiger partial charge is 0.0376 e. The van der Waals surface area contributed by atoms with Gasteiger partial charge in [-0.25, -0.2) is 0 Å². The van der Waals surface area contributed by atoms with E-state index in [0.29, 0.717) is 0 Å². The average Bonchev–Trinajstić information content (AvgIpc) is 1.89. The first-order chi connectivity index (χ1) is 4.81. The zero-order chi connectivity index (χ0) is 7.82. The van der Waals surface area contributed by atoms with E-state index in [4.69, 9.17) is 0 Å². The summed E-state index contributed by atoms with van der Waals surface area (Å²) in [5.41, 5.74) is 1.30. The maximum atomic E-state index is 2.15. The largest absolute Gasteiger partial charge is 0.0874 e. The Morgan fingerprint density at radius 2 is 2.10 bits per heavy atom. The minimum Gasteiger partial charge on any atom is -0.0874 e. The maximum absolute atomic E-state index is 2.15. The van der Waals surface area contributed by atoms with Crippen molar-refractivity contribution in [3.8, 4) is 0 Å². The highest BCUT2D eigenvalue weighted by molar-refractivity contribution is 5.20. The molecule has 0 aromatic rings. The third-order valence-electron chi connectivity index (χ3n) is 1.16. The van der Waals surface area contributed by atoms with Gasteiger partial charge in [-0.1, -0.05) is 42.9 Å². The second-order valence-electron chi connectivity index (χ2n) is 2.25. The van der Waals surface area contributed by atoms with Crippen LogP contribution < -0.4 is 0 Å². The molecule has 0 saturated heterocycles. The van der Waals surface area contributed by atoms with Crippen LogP contribution in [0.3, 0.4) is 0 Å². The van der Waals surface area contributed by atoms with Gasteiger partial charge >= 0.3 is 0 Å². The van der Waals surface area contributed by atoms with Crippen molar-refractivity contribution in [1.82, 2.24) is 0 Å². The van der Waals surface area contributed by atoms with E-state index in [2.05, 4.69) is 38.2 Å². The Bertz CT molecular complexity index is 147. The molecular formula is C10H16. The first kappa shape index (κ1) is 9.22. The summed E-state index contributed by atoms with van der Waals surface area (Å²) in [6, 6.07) is 0. The molecule has 0 aromatic carbocycles. The summed E-state index contributed by atoms with van der Waals surface area (Å²) in [6.45, 7) is 6.26. The van der Waals surface area contributed by atoms with Gasteiger partial charge < -0.3 is 0 Å². The van der Waals surface area contributed by atoms with Crippen LogP contribution in [0.4, 0.5) is 0 Å². The molecular weight excluding hydrogens is 120 g/mol. The zero-order valence-electron chi connectivity index (χ0n) is 7.09. The van der Waals surface area contributed by atoms with Crippen molar-refractivity contribution in [3.05, 3.63) is 36.0 Å². The monoisotopic (exact) mass is 136 g/mol. The van der Waals surface area contributed by atoms with Gasteiger partial charge in [-0.3, -0.25) is 0 Å². The molecule has 0 unspecified atom stereocenters. The van der Waals surface area contributed by atoms with Crippen LogP contribution in [-0.4, -0.2) is 0 Å². The van der Waals surface area contributed by atoms with Gasteiger partial charge in [0.15, 0.2) is 0 Å². The molecule has 56 valence electrons. The van der Waals surface area contributed by atoms with Crippen LogP contribution in [0.5, 0.6) is 0 Å². The molecule has 0 radical (unpaired) electrons. The summed E-state index contributed by atoms with van der Waals surface area (Å²) in [5, 5.41) is 0. The second-order valence-corrected chi connectivity index (χ2v) is 2.25. The Labute approximate surface area is 64.0 Å². The van der Waals surface area contributed by atoms with Crippen LogP contribution in [0.2, 0.25) is 0 Å². The molecule has 0 atom stereocenters. The van der Waals surface area contributed by atoms with Crippen molar-refractivity contribution in [2.75, 3.05) is 0 Å². The lowest BCUT2D eigenvalue weighted by Crippen LogP contribution is -1.63. The molecule has 0 nitrogen and oxygen atoms in total. The maximum Gasteiger partial charge on any atom is -0.0376 e. The molecule has 0 bridgehead atoms. The molecule has 0 heteroatoms. The highest BCUT2D eigenvalue weighted by Gasteiger charge is 1.73. The lowest BCUT2D eigenvalue weighted by molar-refractivity contribution is 1.22. The summed E-state index contributed by atoms with van der Waals surface area (Å²) in [6.07, 6.45) is 11.6. The van der Waals surface area contributed by atoms with Gasteiger partial charge in [0.25, 0.3) is 0 Å². The normalized spacial score (nSPS) is 13.7. The first-order valence-corrected chi connectivity index (χ1v) is 3.77. The third-order valence-corrected chi connectivity index (χ3v) is 1.16. The lowest BCUT2D eigenvalue weighted by atomic mass is 10.2. The Hall–Kier alpha value is -0.780. The number of allylic oxidation sites excluding steroid dienone is 6. The molecule has 0 saturated carbocycles. The van der Waals surface area contributed by atoms with Gasteiger partial charge in [-0.15, -0.1) is 0 Å². The molecule has 0 aromatic heterocycles. The Morgan fingerprint density at radius 3 is 2.60 bits per heavy atom. The summed E-state index contributed by atoms with van der Waals surface area (Å²) in [7, 11) is 0. The van der Waals surface area contributed by atoms with Gasteiger partial charge in [0, 0.05) is 0 Å². The standard InChI is InChI=1S/C10H16/c1-4-6-7-9-10(3)8-5-2/h5-9H,4H2,1-3H3/b7-6-,8-5-,10-9-. The second kappa shape index (κ2) is 6.34. The lowest BCUT2D eigenvalue weighted by Gasteiger charge is -1.84. The molecule has 0 amide bonds. The highest BCUT2D eigenvalue weighted by Crippen LogP contribution is 1.94. The van der Waals surface area contributed by atoms with E-state index in [-0.39, 0.29) is 0 Å². The van der Waals surface area contributed by atoms with E-state index in [9.17, 15) is 0 Å². The van der Waals surface area contributed by atoms with E-state index < -0.39 is 0 Å². The summed E-state index contributed by atoms with van der Waals surface area (Å²) >= 11 is 0. The predicted octanol–water partition coefficient (Wildman–Crippen LogP) is 3.48. The van der Waals surface area contributed by atoms with Crippen molar-refractivity contribution in [3.63, 3.8) is 0 Å². The molecule has 0 fully saturated rings. The van der Waals surface area contributed by atoms with Crippen LogP contribution in [0.25, 0.3) is 0 Å². The number of rotatable bonds is 3. The summed E-state index contributed by atoms with van der Waals surface area (Å²) in [4.78, 5) is 0. The SMILES string of the molecule is C\C=C/C(C)=C\C=C/CC. The quantitative estimate of drug-likeness (QED) is 0.521. The van der Waals surface area contributed by atoms with Gasteiger partial charge in [0.1, 0.15) is 0 Å². The van der Waals surface area contributed by atoms with E-state index >= 15 is 0 Å². The van der Waals surface area contributed by atoms with E-state index in [1.807, 2.05) is 13.0 Å². The van der Waals surface area contributed by atoms with E-state index in [1.165, 1.54) is 5.57 Å². The molecule has 0 N–H and O–H groups in total.